The number of halogens is 4. The Kier molecular flexibility index (Phi) is 5.39. The quantitative estimate of drug-likeness (QED) is 0.761. The summed E-state index contributed by atoms with van der Waals surface area (Å²) in [6.07, 6.45) is -4.87. The van der Waals surface area contributed by atoms with Crippen molar-refractivity contribution < 1.29 is 32.2 Å². The summed E-state index contributed by atoms with van der Waals surface area (Å²) in [7, 11) is 0. The Bertz CT molecular complexity index is 938. The smallest absolute Gasteiger partial charge is 0.427 e. The number of fused-ring (bicyclic) bond motifs is 3. The van der Waals surface area contributed by atoms with Gasteiger partial charge in [0.05, 0.1) is 18.5 Å². The maximum Gasteiger partial charge on any atom is 0.427 e. The molecule has 2 aromatic heterocycles. The monoisotopic (exact) mass is 428 g/mol. The fourth-order valence-electron chi connectivity index (χ4n) is 3.87. The molecule has 1 atom stereocenters. The number of aromatic nitrogens is 3. The molecule has 0 saturated carbocycles. The number of hydrogen-bond donors (Lipinski definition) is 1. The molecule has 0 aromatic carbocycles. The number of pyridine rings is 1. The molecule has 0 bridgehead atoms. The van der Waals surface area contributed by atoms with Crippen LogP contribution >= 0.6 is 0 Å². The second-order valence-corrected chi connectivity index (χ2v) is 7.47. The largest absolute Gasteiger partial charge is 0.434 e. The van der Waals surface area contributed by atoms with Gasteiger partial charge in [0.15, 0.2) is 5.82 Å². The first kappa shape index (κ1) is 20.6. The second-order valence-electron chi connectivity index (χ2n) is 7.47. The zero-order valence-corrected chi connectivity index (χ0v) is 15.9. The summed E-state index contributed by atoms with van der Waals surface area (Å²) in [5.74, 6) is 0.247. The fourth-order valence-corrected chi connectivity index (χ4v) is 3.87. The first-order chi connectivity index (χ1) is 14.3. The molecule has 4 rings (SSSR count). The van der Waals surface area contributed by atoms with E-state index in [1.54, 1.807) is 4.68 Å². The first-order valence-electron chi connectivity index (χ1n) is 9.63. The normalized spacial score (nSPS) is 18.0. The topological polar surface area (TPSA) is 80.5 Å². The predicted molar refractivity (Wildman–Crippen MR) is 95.7 cm³/mol. The summed E-state index contributed by atoms with van der Waals surface area (Å²) in [5.41, 5.74) is 2.58. The van der Waals surface area contributed by atoms with E-state index in [4.69, 9.17) is 5.11 Å². The van der Waals surface area contributed by atoms with E-state index in [2.05, 4.69) is 14.8 Å². The number of hydrogen-bond acceptors (Lipinski definition) is 5. The molecule has 0 spiro atoms. The molecule has 1 saturated heterocycles. The van der Waals surface area contributed by atoms with Gasteiger partial charge in [-0.1, -0.05) is 0 Å². The van der Waals surface area contributed by atoms with Crippen LogP contribution in [0.5, 0.6) is 0 Å². The summed E-state index contributed by atoms with van der Waals surface area (Å²) in [6.45, 7) is -0.866. The van der Waals surface area contributed by atoms with Gasteiger partial charge in [0.25, 0.3) is 0 Å². The Morgan fingerprint density at radius 1 is 1.27 bits per heavy atom. The third-order valence-corrected chi connectivity index (χ3v) is 5.51. The van der Waals surface area contributed by atoms with E-state index in [0.717, 1.165) is 23.1 Å². The maximum absolute atomic E-state index is 13.4. The van der Waals surface area contributed by atoms with Crippen LogP contribution in [0.25, 0.3) is 5.82 Å². The van der Waals surface area contributed by atoms with Crippen LogP contribution in [0.2, 0.25) is 0 Å². The zero-order chi connectivity index (χ0) is 21.5. The van der Waals surface area contributed by atoms with Gasteiger partial charge in [0, 0.05) is 30.3 Å². The van der Waals surface area contributed by atoms with Crippen molar-refractivity contribution in [3.63, 3.8) is 0 Å². The van der Waals surface area contributed by atoms with Crippen LogP contribution in [0.15, 0.2) is 18.3 Å². The van der Waals surface area contributed by atoms with E-state index in [1.165, 1.54) is 11.0 Å². The molecular formula is C19H20F4N4O3. The molecule has 30 heavy (non-hydrogen) atoms. The highest BCUT2D eigenvalue weighted by molar-refractivity contribution is 5.68. The molecular weight excluding hydrogens is 408 g/mol. The summed E-state index contributed by atoms with van der Waals surface area (Å²) in [6, 6.07) is 3.43. The molecule has 2 aromatic rings. The van der Waals surface area contributed by atoms with Gasteiger partial charge in [-0.3, -0.25) is 0 Å². The summed E-state index contributed by atoms with van der Waals surface area (Å²) >= 11 is 0. The SMILES string of the molecule is O=C(OC(CO)C(F)(F)F)N1CCC(c2cc3n(n2)-c2ncc(F)cc2CC3)CC1. The van der Waals surface area contributed by atoms with Gasteiger partial charge >= 0.3 is 12.3 Å². The first-order valence-corrected chi connectivity index (χ1v) is 9.63. The lowest BCUT2D eigenvalue weighted by Crippen LogP contribution is -2.44. The highest BCUT2D eigenvalue weighted by Gasteiger charge is 2.43. The van der Waals surface area contributed by atoms with Gasteiger partial charge in [-0.2, -0.15) is 18.3 Å². The molecule has 7 nitrogen and oxygen atoms in total. The van der Waals surface area contributed by atoms with Gasteiger partial charge in [0.2, 0.25) is 6.10 Å². The zero-order valence-electron chi connectivity index (χ0n) is 15.9. The van der Waals surface area contributed by atoms with Crippen molar-refractivity contribution in [1.29, 1.82) is 0 Å². The van der Waals surface area contributed by atoms with Crippen molar-refractivity contribution in [2.24, 2.45) is 0 Å². The van der Waals surface area contributed by atoms with E-state index in [1.807, 2.05) is 6.07 Å². The molecule has 1 unspecified atom stereocenters. The molecule has 2 aliphatic rings. The highest BCUT2D eigenvalue weighted by Crippen LogP contribution is 2.32. The third-order valence-electron chi connectivity index (χ3n) is 5.51. The van der Waals surface area contributed by atoms with Gasteiger partial charge in [0.1, 0.15) is 5.82 Å². The molecule has 162 valence electrons. The lowest BCUT2D eigenvalue weighted by molar-refractivity contribution is -0.214. The molecule has 4 heterocycles. The van der Waals surface area contributed by atoms with Crippen LogP contribution in [0.4, 0.5) is 22.4 Å². The van der Waals surface area contributed by atoms with Crippen molar-refractivity contribution in [2.45, 2.75) is 43.9 Å². The lowest BCUT2D eigenvalue weighted by atomic mass is 9.93. The van der Waals surface area contributed by atoms with Crippen molar-refractivity contribution in [3.05, 3.63) is 41.1 Å². The number of rotatable bonds is 3. The number of alkyl halides is 3. The van der Waals surface area contributed by atoms with Gasteiger partial charge < -0.3 is 14.7 Å². The Morgan fingerprint density at radius 2 is 2.00 bits per heavy atom. The Labute approximate surface area is 169 Å². The number of carbonyl (C=O) groups excluding carboxylic acids is 1. The van der Waals surface area contributed by atoms with Crippen molar-refractivity contribution in [3.8, 4) is 5.82 Å². The van der Waals surface area contributed by atoms with Crippen LogP contribution in [-0.4, -0.2) is 62.8 Å². The Morgan fingerprint density at radius 3 is 2.67 bits per heavy atom. The average molecular weight is 428 g/mol. The van der Waals surface area contributed by atoms with E-state index in [0.29, 0.717) is 31.5 Å². The van der Waals surface area contributed by atoms with E-state index < -0.39 is 30.8 Å². The number of carbonyl (C=O) groups is 1. The number of aliphatic hydroxyl groups is 1. The maximum atomic E-state index is 13.4. The van der Waals surface area contributed by atoms with Crippen molar-refractivity contribution in [2.75, 3.05) is 19.7 Å². The predicted octanol–water partition coefficient (Wildman–Crippen LogP) is 2.74. The summed E-state index contributed by atoms with van der Waals surface area (Å²) < 4.78 is 57.6. The summed E-state index contributed by atoms with van der Waals surface area (Å²) in [5, 5.41) is 13.4. The van der Waals surface area contributed by atoms with E-state index >= 15 is 0 Å². The van der Waals surface area contributed by atoms with E-state index in [9.17, 15) is 22.4 Å². The molecule has 1 fully saturated rings. The summed E-state index contributed by atoms with van der Waals surface area (Å²) in [4.78, 5) is 17.4. The number of ether oxygens (including phenoxy) is 1. The molecule has 2 aliphatic heterocycles. The van der Waals surface area contributed by atoms with Crippen LogP contribution in [0, 0.1) is 5.82 Å². The molecule has 1 N–H and O–H groups in total. The minimum Gasteiger partial charge on any atom is -0.434 e. The average Bonchev–Trinajstić information content (AvgIpc) is 3.15. The van der Waals surface area contributed by atoms with Crippen LogP contribution in [-0.2, 0) is 17.6 Å². The van der Waals surface area contributed by atoms with Crippen molar-refractivity contribution >= 4 is 6.09 Å². The van der Waals surface area contributed by atoms with Crippen molar-refractivity contribution in [1.82, 2.24) is 19.7 Å². The standard InChI is InChI=1S/C19H20F4N4O3/c20-13-7-12-1-2-14-8-15(25-27(14)17(12)24-9-13)11-3-5-26(6-4-11)18(29)30-16(10-28)19(21,22)23/h7-9,11,16,28H,1-6,10H2. The Hall–Kier alpha value is -2.69. The highest BCUT2D eigenvalue weighted by atomic mass is 19.4. The van der Waals surface area contributed by atoms with Gasteiger partial charge in [-0.25, -0.2) is 18.9 Å². The number of likely N-dealkylation sites (tertiary alicyclic amines) is 1. The lowest BCUT2D eigenvalue weighted by Gasteiger charge is -2.31. The number of amides is 1. The number of aliphatic hydroxyl groups excluding tert-OH is 1. The number of nitrogens with zero attached hydrogens (tertiary/aromatic N) is 4. The number of aryl methyl sites for hydroxylation is 2. The van der Waals surface area contributed by atoms with Crippen LogP contribution < -0.4 is 0 Å². The molecule has 1 amide bonds. The molecule has 0 radical (unpaired) electrons. The van der Waals surface area contributed by atoms with Crippen LogP contribution in [0.1, 0.15) is 35.7 Å². The van der Waals surface area contributed by atoms with Gasteiger partial charge in [-0.05, 0) is 37.8 Å². The Balaban J connectivity index is 1.41. The second kappa shape index (κ2) is 7.86. The number of piperidine rings is 1. The van der Waals surface area contributed by atoms with Crippen LogP contribution in [0.3, 0.4) is 0 Å². The van der Waals surface area contributed by atoms with E-state index in [-0.39, 0.29) is 19.0 Å². The minimum absolute atomic E-state index is 0.0345. The minimum atomic E-state index is -4.81. The molecule has 11 heteroatoms. The fraction of sp³-hybridized carbons (Fsp3) is 0.526. The third kappa shape index (κ3) is 3.98. The molecule has 0 aliphatic carbocycles. The van der Waals surface area contributed by atoms with Gasteiger partial charge in [-0.15, -0.1) is 0 Å².